The van der Waals surface area contributed by atoms with Gasteiger partial charge in [-0.1, -0.05) is 0 Å². The Hall–Kier alpha value is -3.35. The second kappa shape index (κ2) is 7.26. The van der Waals surface area contributed by atoms with Crippen LogP contribution < -0.4 is 15.2 Å². The normalized spacial score (nSPS) is 10.6. The molecule has 2 aromatic carbocycles. The molecular weight excluding hydrogens is 339 g/mol. The molecule has 1 aromatic heterocycles. The van der Waals surface area contributed by atoms with Crippen LogP contribution in [0, 0.1) is 12.7 Å². The van der Waals surface area contributed by atoms with E-state index in [1.165, 1.54) is 13.2 Å². The van der Waals surface area contributed by atoms with Crippen LogP contribution in [0.3, 0.4) is 0 Å². The van der Waals surface area contributed by atoms with Crippen LogP contribution in [0.1, 0.15) is 21.8 Å². The summed E-state index contributed by atoms with van der Waals surface area (Å²) in [5.74, 6) is 0.677. The number of benzene rings is 2. The highest BCUT2D eigenvalue weighted by Crippen LogP contribution is 2.27. The second-order valence-electron chi connectivity index (χ2n) is 5.54. The second-order valence-corrected chi connectivity index (χ2v) is 5.54. The van der Waals surface area contributed by atoms with Gasteiger partial charge in [-0.05, 0) is 43.3 Å². The molecule has 0 radical (unpaired) electrons. The van der Waals surface area contributed by atoms with E-state index < -0.39 is 11.7 Å². The molecule has 3 rings (SSSR count). The van der Waals surface area contributed by atoms with Crippen LogP contribution in [0.2, 0.25) is 0 Å². The quantitative estimate of drug-likeness (QED) is 0.731. The number of aromatic nitrogens is 1. The van der Waals surface area contributed by atoms with Gasteiger partial charge in [0.1, 0.15) is 35.4 Å². The molecule has 0 fully saturated rings. The Balaban J connectivity index is 1.75. The number of nitrogens with two attached hydrogens (primary N) is 1. The van der Waals surface area contributed by atoms with Gasteiger partial charge in [-0.25, -0.2) is 9.37 Å². The Bertz CT molecular complexity index is 935. The molecule has 0 atom stereocenters. The average Bonchev–Trinajstić information content (AvgIpc) is 3.00. The fraction of sp³-hybridized carbons (Fsp3) is 0.158. The lowest BCUT2D eigenvalue weighted by Gasteiger charge is -2.04. The molecule has 1 amide bonds. The van der Waals surface area contributed by atoms with Crippen molar-refractivity contribution in [3.05, 3.63) is 65.3 Å². The van der Waals surface area contributed by atoms with Gasteiger partial charge in [0.2, 0.25) is 11.8 Å². The predicted octanol–water partition coefficient (Wildman–Crippen LogP) is 3.48. The van der Waals surface area contributed by atoms with E-state index in [0.717, 1.165) is 0 Å². The summed E-state index contributed by atoms with van der Waals surface area (Å²) < 4.78 is 30.4. The molecule has 0 saturated heterocycles. The van der Waals surface area contributed by atoms with Crippen molar-refractivity contribution in [3.63, 3.8) is 0 Å². The highest BCUT2D eigenvalue weighted by atomic mass is 19.1. The molecule has 0 unspecified atom stereocenters. The molecule has 3 aromatic rings. The van der Waals surface area contributed by atoms with Crippen LogP contribution in [-0.4, -0.2) is 18.0 Å². The van der Waals surface area contributed by atoms with Crippen LogP contribution in [0.5, 0.6) is 11.5 Å². The van der Waals surface area contributed by atoms with E-state index in [2.05, 4.69) is 4.98 Å². The molecular formula is C19H17FN2O4. The molecule has 26 heavy (non-hydrogen) atoms. The van der Waals surface area contributed by atoms with E-state index in [1.807, 2.05) is 0 Å². The summed E-state index contributed by atoms with van der Waals surface area (Å²) in [5.41, 5.74) is 6.38. The standard InChI is InChI=1S/C19H17FN2O4/c1-11-17(10-25-13-5-3-12(4-6-13)18(21)23)22-19(26-11)15-8-7-14(24-2)9-16(15)20/h3-9H,10H2,1-2H3,(H2,21,23). The first-order valence-corrected chi connectivity index (χ1v) is 7.81. The molecule has 134 valence electrons. The number of hydrogen-bond donors (Lipinski definition) is 1. The van der Waals surface area contributed by atoms with Gasteiger partial charge in [-0.2, -0.15) is 0 Å². The molecule has 0 aliphatic heterocycles. The number of halogens is 1. The predicted molar refractivity (Wildman–Crippen MR) is 92.5 cm³/mol. The summed E-state index contributed by atoms with van der Waals surface area (Å²) in [7, 11) is 1.47. The number of carbonyl (C=O) groups excluding carboxylic acids is 1. The third kappa shape index (κ3) is 3.66. The number of primary amides is 1. The molecule has 7 heteroatoms. The smallest absolute Gasteiger partial charge is 0.248 e. The van der Waals surface area contributed by atoms with Crippen molar-refractivity contribution < 1.29 is 23.1 Å². The zero-order chi connectivity index (χ0) is 18.7. The van der Waals surface area contributed by atoms with Gasteiger partial charge < -0.3 is 19.6 Å². The summed E-state index contributed by atoms with van der Waals surface area (Å²) in [5, 5.41) is 0. The molecule has 0 saturated carbocycles. The SMILES string of the molecule is COc1ccc(-c2nc(COc3ccc(C(N)=O)cc3)c(C)o2)c(F)c1. The van der Waals surface area contributed by atoms with Crippen molar-refractivity contribution in [3.8, 4) is 23.0 Å². The zero-order valence-electron chi connectivity index (χ0n) is 14.3. The highest BCUT2D eigenvalue weighted by Gasteiger charge is 2.16. The number of ether oxygens (including phenoxy) is 2. The molecule has 0 spiro atoms. The molecule has 2 N–H and O–H groups in total. The minimum Gasteiger partial charge on any atom is -0.497 e. The van der Waals surface area contributed by atoms with E-state index in [9.17, 15) is 9.18 Å². The summed E-state index contributed by atoms with van der Waals surface area (Å²) in [4.78, 5) is 15.4. The lowest BCUT2D eigenvalue weighted by atomic mass is 10.2. The van der Waals surface area contributed by atoms with Crippen molar-refractivity contribution in [1.29, 1.82) is 0 Å². The van der Waals surface area contributed by atoms with Gasteiger partial charge in [0.05, 0.1) is 12.7 Å². The van der Waals surface area contributed by atoms with Gasteiger partial charge >= 0.3 is 0 Å². The van der Waals surface area contributed by atoms with Crippen molar-refractivity contribution in [1.82, 2.24) is 4.98 Å². The Morgan fingerprint density at radius 2 is 1.88 bits per heavy atom. The number of amides is 1. The third-order valence-electron chi connectivity index (χ3n) is 3.81. The number of oxazole rings is 1. The zero-order valence-corrected chi connectivity index (χ0v) is 14.3. The number of methoxy groups -OCH3 is 1. The maximum absolute atomic E-state index is 14.2. The van der Waals surface area contributed by atoms with E-state index in [1.54, 1.807) is 43.3 Å². The lowest BCUT2D eigenvalue weighted by Crippen LogP contribution is -2.10. The van der Waals surface area contributed by atoms with Crippen molar-refractivity contribution in [2.75, 3.05) is 7.11 Å². The summed E-state index contributed by atoms with van der Waals surface area (Å²) >= 11 is 0. The van der Waals surface area contributed by atoms with Crippen LogP contribution in [0.25, 0.3) is 11.5 Å². The topological polar surface area (TPSA) is 87.6 Å². The first-order valence-electron chi connectivity index (χ1n) is 7.81. The van der Waals surface area contributed by atoms with E-state index in [4.69, 9.17) is 19.6 Å². The molecule has 6 nitrogen and oxygen atoms in total. The lowest BCUT2D eigenvalue weighted by molar-refractivity contribution is 0.1000. The number of aryl methyl sites for hydroxylation is 1. The average molecular weight is 356 g/mol. The Kier molecular flexibility index (Phi) is 4.88. The van der Waals surface area contributed by atoms with Gasteiger partial charge in [-0.3, -0.25) is 4.79 Å². The van der Waals surface area contributed by atoms with Crippen molar-refractivity contribution >= 4 is 5.91 Å². The summed E-state index contributed by atoms with van der Waals surface area (Å²) in [6, 6.07) is 10.9. The fourth-order valence-electron chi connectivity index (χ4n) is 2.34. The minimum atomic E-state index is -0.505. The van der Waals surface area contributed by atoms with Crippen LogP contribution in [-0.2, 0) is 6.61 Å². The maximum Gasteiger partial charge on any atom is 0.248 e. The number of carbonyl (C=O) groups is 1. The number of hydrogen-bond acceptors (Lipinski definition) is 5. The van der Waals surface area contributed by atoms with E-state index in [-0.39, 0.29) is 18.1 Å². The first-order chi connectivity index (χ1) is 12.5. The molecule has 0 bridgehead atoms. The van der Waals surface area contributed by atoms with Gasteiger partial charge in [0, 0.05) is 11.6 Å². The monoisotopic (exact) mass is 356 g/mol. The Morgan fingerprint density at radius 3 is 2.50 bits per heavy atom. The van der Waals surface area contributed by atoms with Gasteiger partial charge in [0.25, 0.3) is 0 Å². The molecule has 1 heterocycles. The third-order valence-corrected chi connectivity index (χ3v) is 3.81. The summed E-state index contributed by atoms with van der Waals surface area (Å²) in [6.45, 7) is 1.87. The Morgan fingerprint density at radius 1 is 1.19 bits per heavy atom. The number of nitrogens with zero attached hydrogens (tertiary/aromatic N) is 1. The van der Waals surface area contributed by atoms with Crippen LogP contribution in [0.15, 0.2) is 46.9 Å². The van der Waals surface area contributed by atoms with E-state index >= 15 is 0 Å². The summed E-state index contributed by atoms with van der Waals surface area (Å²) in [6.07, 6.45) is 0. The molecule has 0 aliphatic rings. The van der Waals surface area contributed by atoms with Gasteiger partial charge in [-0.15, -0.1) is 0 Å². The first kappa shape index (κ1) is 17.5. The molecule has 0 aliphatic carbocycles. The largest absolute Gasteiger partial charge is 0.497 e. The van der Waals surface area contributed by atoms with Crippen molar-refractivity contribution in [2.24, 2.45) is 5.73 Å². The van der Waals surface area contributed by atoms with Crippen LogP contribution in [0.4, 0.5) is 4.39 Å². The maximum atomic E-state index is 14.2. The number of rotatable bonds is 6. The van der Waals surface area contributed by atoms with Crippen LogP contribution >= 0.6 is 0 Å². The van der Waals surface area contributed by atoms with Gasteiger partial charge in [0.15, 0.2) is 0 Å². The minimum absolute atomic E-state index is 0.142. The Labute approximate surface area is 149 Å². The fourth-order valence-corrected chi connectivity index (χ4v) is 2.34. The van der Waals surface area contributed by atoms with Crippen molar-refractivity contribution in [2.45, 2.75) is 13.5 Å². The highest BCUT2D eigenvalue weighted by molar-refractivity contribution is 5.92. The van der Waals surface area contributed by atoms with E-state index in [0.29, 0.717) is 28.5 Å².